The number of hydrogen-bond donors (Lipinski definition) is 2. The molecule has 1 fully saturated rings. The molecule has 2 N–H and O–H groups in total. The van der Waals surface area contributed by atoms with Gasteiger partial charge >= 0.3 is 7.91 Å². The van der Waals surface area contributed by atoms with Crippen molar-refractivity contribution in [1.29, 1.82) is 0 Å². The summed E-state index contributed by atoms with van der Waals surface area (Å²) in [6.45, 7) is 0. The van der Waals surface area contributed by atoms with E-state index < -0.39 is 40.2 Å². The highest BCUT2D eigenvalue weighted by molar-refractivity contribution is 7.45. The first-order valence-corrected chi connectivity index (χ1v) is 10.00. The van der Waals surface area contributed by atoms with Crippen LogP contribution in [0.1, 0.15) is 0 Å². The lowest BCUT2D eigenvalue weighted by molar-refractivity contribution is 0.322. The topological polar surface area (TPSA) is 75.4 Å². The Balaban J connectivity index is 0.000000367. The number of aromatic nitrogens is 2. The molecule has 0 unspecified atom stereocenters. The molecule has 0 bridgehead atoms. The quantitative estimate of drug-likeness (QED) is 0.440. The van der Waals surface area contributed by atoms with E-state index in [9.17, 15) is 4.20 Å². The van der Waals surface area contributed by atoms with Gasteiger partial charge < -0.3 is 4.57 Å². The monoisotopic (exact) mass is 470 g/mol. The van der Waals surface area contributed by atoms with Crippen molar-refractivity contribution < 1.29 is 18.5 Å². The molecule has 0 radical (unpaired) electrons. The zero-order chi connectivity index (χ0) is 18.4. The summed E-state index contributed by atoms with van der Waals surface area (Å²) in [5, 5.41) is -2.62. The lowest BCUT2D eigenvalue weighted by Gasteiger charge is -2.37. The summed E-state index contributed by atoms with van der Waals surface area (Å²) in [5.74, 6) is 0. The predicted octanol–water partition coefficient (Wildman–Crippen LogP) is 4.11. The fourth-order valence-corrected chi connectivity index (χ4v) is 3.71. The normalized spacial score (nSPS) is 33.8. The Morgan fingerprint density at radius 1 is 0.957 bits per heavy atom. The third-order valence-electron chi connectivity index (χ3n) is 2.46. The molecule has 1 aromatic heterocycles. The van der Waals surface area contributed by atoms with E-state index in [1.165, 1.54) is 0 Å². The minimum atomic E-state index is -5.14. The Labute approximate surface area is 163 Å². The zero-order valence-corrected chi connectivity index (χ0v) is 16.9. The van der Waals surface area contributed by atoms with Crippen molar-refractivity contribution in [3.63, 3.8) is 0 Å². The summed E-state index contributed by atoms with van der Waals surface area (Å²) in [6.07, 6.45) is 5.39. The molecule has 0 atom stereocenters. The summed E-state index contributed by atoms with van der Waals surface area (Å²) in [5.41, 5.74) is 0. The molecule has 13 heteroatoms. The molecule has 1 aliphatic carbocycles. The average Bonchev–Trinajstić information content (AvgIpc) is 2.91. The summed E-state index contributed by atoms with van der Waals surface area (Å²) in [7, 11) is -3.20. The van der Waals surface area contributed by atoms with Crippen LogP contribution in [-0.4, -0.2) is 51.6 Å². The molecule has 0 amide bonds. The van der Waals surface area contributed by atoms with Crippen molar-refractivity contribution in [2.45, 2.75) is 32.3 Å². The van der Waals surface area contributed by atoms with Crippen molar-refractivity contribution >= 4 is 77.5 Å². The number of alkyl halides is 6. The molecule has 1 heterocycles. The van der Waals surface area contributed by atoms with E-state index in [0.29, 0.717) is 0 Å². The lowest BCUT2D eigenvalue weighted by Crippen LogP contribution is -2.52. The highest BCUT2D eigenvalue weighted by Gasteiger charge is 2.46. The van der Waals surface area contributed by atoms with E-state index >= 15 is 0 Å². The Morgan fingerprint density at radius 3 is 1.30 bits per heavy atom. The fourth-order valence-electron chi connectivity index (χ4n) is 1.38. The predicted molar refractivity (Wildman–Crippen MR) is 94.2 cm³/mol. The van der Waals surface area contributed by atoms with Gasteiger partial charge in [-0.25, -0.2) is 9.55 Å². The summed E-state index contributed by atoms with van der Waals surface area (Å²) < 4.78 is 20.9. The maximum absolute atomic E-state index is 10.4. The van der Waals surface area contributed by atoms with Crippen molar-refractivity contribution in [3.8, 4) is 0 Å². The van der Waals surface area contributed by atoms with Gasteiger partial charge in [0.05, 0.1) is 38.6 Å². The summed E-state index contributed by atoms with van der Waals surface area (Å²) in [4.78, 5) is 17.7. The zero-order valence-electron chi connectivity index (χ0n) is 11.5. The maximum Gasteiger partial charge on any atom is 0.507 e. The van der Waals surface area contributed by atoms with Gasteiger partial charge in [-0.1, -0.05) is 0 Å². The van der Waals surface area contributed by atoms with Gasteiger partial charge in [0.2, 0.25) is 0 Å². The number of imidazole rings is 1. The Kier molecular flexibility index (Phi) is 11.4. The number of rotatable bonds is 0. The summed E-state index contributed by atoms with van der Waals surface area (Å²) >= 11 is 35.3. The average molecular weight is 473 g/mol. The SMILES string of the molecule is Cl[C@H]1[C@H](Cl)[C@@H](Cl)[C@@H](Cl)[C@H](Cl)[C@H]1Cl.Cn1ccnc1.O=P(O)(O)F. The number of halogens is 7. The Morgan fingerprint density at radius 2 is 1.22 bits per heavy atom. The van der Waals surface area contributed by atoms with Crippen LogP contribution in [0.4, 0.5) is 4.20 Å². The molecule has 1 saturated carbocycles. The Bertz CT molecular complexity index is 426. The van der Waals surface area contributed by atoms with Crippen LogP contribution in [0, 0.1) is 0 Å². The number of aryl methyl sites for hydroxylation is 1. The molecule has 0 aromatic carbocycles. The largest absolute Gasteiger partial charge is 0.507 e. The highest BCUT2D eigenvalue weighted by Crippen LogP contribution is 2.39. The molecule has 1 aromatic rings. The van der Waals surface area contributed by atoms with Crippen LogP contribution in [-0.2, 0) is 11.6 Å². The van der Waals surface area contributed by atoms with E-state index in [1.807, 2.05) is 17.8 Å². The lowest BCUT2D eigenvalue weighted by atomic mass is 9.97. The van der Waals surface area contributed by atoms with E-state index in [-0.39, 0.29) is 0 Å². The smallest absolute Gasteiger partial charge is 0.341 e. The van der Waals surface area contributed by atoms with Crippen LogP contribution < -0.4 is 0 Å². The highest BCUT2D eigenvalue weighted by atomic mass is 35.5. The van der Waals surface area contributed by atoms with E-state index in [1.54, 1.807) is 12.5 Å². The molecule has 136 valence electrons. The van der Waals surface area contributed by atoms with Crippen molar-refractivity contribution in [2.24, 2.45) is 7.05 Å². The Hall–Kier alpha value is 1.03. The van der Waals surface area contributed by atoms with Crippen molar-refractivity contribution in [3.05, 3.63) is 18.7 Å². The van der Waals surface area contributed by atoms with Crippen molar-refractivity contribution in [2.75, 3.05) is 0 Å². The number of hydrogen-bond acceptors (Lipinski definition) is 2. The molecule has 23 heavy (non-hydrogen) atoms. The van der Waals surface area contributed by atoms with Gasteiger partial charge in [0.15, 0.2) is 0 Å². The fraction of sp³-hybridized carbons (Fsp3) is 0.700. The second-order valence-corrected chi connectivity index (χ2v) is 8.34. The van der Waals surface area contributed by atoms with E-state index in [0.717, 1.165) is 0 Å². The van der Waals surface area contributed by atoms with Crippen LogP contribution in [0.15, 0.2) is 18.7 Å². The standard InChI is InChI=1S/C6H6Cl6.C4H6N2.FH2O3P/c7-1-2(8)4(10)6(12)5(11)3(1)9;1-6-3-2-5-4-6;1-5(2,3)4/h1-6H;2-4H,1H3;(H2,2,3,4)/t1-,2-,3-,4+,5+,6+;;. The third-order valence-corrected chi connectivity index (χ3v) is 6.49. The minimum absolute atomic E-state index is 0.437. The van der Waals surface area contributed by atoms with Gasteiger partial charge in [-0.2, -0.15) is 0 Å². The first-order chi connectivity index (χ1) is 10.4. The van der Waals surface area contributed by atoms with Gasteiger partial charge in [0.25, 0.3) is 0 Å². The van der Waals surface area contributed by atoms with Crippen LogP contribution in [0.5, 0.6) is 0 Å². The molecule has 5 nitrogen and oxygen atoms in total. The van der Waals surface area contributed by atoms with Crippen molar-refractivity contribution in [1.82, 2.24) is 9.55 Å². The minimum Gasteiger partial charge on any atom is -0.341 e. The van der Waals surface area contributed by atoms with E-state index in [4.69, 9.17) is 84.0 Å². The molecular formula is C10H14Cl6FN2O3P. The molecule has 0 spiro atoms. The van der Waals surface area contributed by atoms with Crippen LogP contribution >= 0.6 is 77.5 Å². The van der Waals surface area contributed by atoms with Gasteiger partial charge in [0, 0.05) is 19.4 Å². The molecule has 1 aliphatic rings. The molecule has 0 saturated heterocycles. The van der Waals surface area contributed by atoms with E-state index in [2.05, 4.69) is 4.98 Å². The molecule has 0 aliphatic heterocycles. The van der Waals surface area contributed by atoms with Gasteiger partial charge in [0.1, 0.15) is 0 Å². The van der Waals surface area contributed by atoms with Gasteiger partial charge in [-0.05, 0) is 0 Å². The van der Waals surface area contributed by atoms with Gasteiger partial charge in [-0.15, -0.1) is 73.8 Å². The van der Waals surface area contributed by atoms with Crippen LogP contribution in [0.2, 0.25) is 0 Å². The third kappa shape index (κ3) is 9.93. The van der Waals surface area contributed by atoms with Gasteiger partial charge in [-0.3, -0.25) is 9.79 Å². The second-order valence-electron chi connectivity index (χ2n) is 4.37. The first-order valence-electron chi connectivity index (χ1n) is 5.87. The first kappa shape index (κ1) is 24.0. The number of nitrogens with zero attached hydrogens (tertiary/aromatic N) is 2. The van der Waals surface area contributed by atoms with Crippen LogP contribution in [0.25, 0.3) is 0 Å². The second kappa shape index (κ2) is 10.9. The maximum atomic E-state index is 10.4. The van der Waals surface area contributed by atoms with Crippen LogP contribution in [0.3, 0.4) is 0 Å². The summed E-state index contributed by atoms with van der Waals surface area (Å²) in [6, 6.07) is 0. The molecule has 2 rings (SSSR count). The molecular weight excluding hydrogens is 459 g/mol.